The lowest BCUT2D eigenvalue weighted by atomic mass is 9.99. The van der Waals surface area contributed by atoms with Crippen LogP contribution in [-0.2, 0) is 6.54 Å². The predicted octanol–water partition coefficient (Wildman–Crippen LogP) is 3.66. The Morgan fingerprint density at radius 3 is 2.43 bits per heavy atom. The van der Waals surface area contributed by atoms with Gasteiger partial charge in [0.25, 0.3) is 0 Å². The number of rotatable bonds is 6. The summed E-state index contributed by atoms with van der Waals surface area (Å²) < 4.78 is 13.3. The van der Waals surface area contributed by atoms with Crippen LogP contribution < -0.4 is 5.73 Å². The summed E-state index contributed by atoms with van der Waals surface area (Å²) >= 11 is 0. The highest BCUT2D eigenvalue weighted by atomic mass is 19.1. The maximum Gasteiger partial charge on any atom is 0.123 e. The Labute approximate surface area is 126 Å². The van der Waals surface area contributed by atoms with E-state index in [2.05, 4.69) is 24.0 Å². The summed E-state index contributed by atoms with van der Waals surface area (Å²) in [6.45, 7) is 6.33. The fraction of sp³-hybridized carbons (Fsp3) is 0.333. The maximum absolute atomic E-state index is 13.3. The zero-order valence-electron chi connectivity index (χ0n) is 12.7. The van der Waals surface area contributed by atoms with Gasteiger partial charge in [-0.05, 0) is 42.3 Å². The minimum absolute atomic E-state index is 0.107. The Kier molecular flexibility index (Phi) is 5.48. The van der Waals surface area contributed by atoms with Crippen molar-refractivity contribution in [1.82, 2.24) is 4.90 Å². The van der Waals surface area contributed by atoms with Crippen LogP contribution in [0.1, 0.15) is 29.7 Å². The smallest absolute Gasteiger partial charge is 0.123 e. The summed E-state index contributed by atoms with van der Waals surface area (Å²) in [4.78, 5) is 2.33. The fourth-order valence-electron chi connectivity index (χ4n) is 2.75. The first-order valence-electron chi connectivity index (χ1n) is 7.39. The Bertz CT molecular complexity index is 569. The molecule has 0 radical (unpaired) electrons. The third-order valence-electron chi connectivity index (χ3n) is 3.89. The van der Waals surface area contributed by atoms with Crippen LogP contribution in [0, 0.1) is 12.7 Å². The molecule has 0 aliphatic rings. The van der Waals surface area contributed by atoms with E-state index in [4.69, 9.17) is 5.73 Å². The molecule has 0 heterocycles. The zero-order chi connectivity index (χ0) is 15.2. The molecule has 21 heavy (non-hydrogen) atoms. The molecule has 2 aromatic carbocycles. The molecule has 0 aromatic heterocycles. The molecule has 0 aliphatic heterocycles. The number of nitrogens with zero attached hydrogens (tertiary/aromatic N) is 1. The molecule has 0 saturated heterocycles. The number of hydrogen-bond donors (Lipinski definition) is 1. The average molecular weight is 286 g/mol. The lowest BCUT2D eigenvalue weighted by Gasteiger charge is -2.31. The van der Waals surface area contributed by atoms with Crippen LogP contribution >= 0.6 is 0 Å². The average Bonchev–Trinajstić information content (AvgIpc) is 2.49. The van der Waals surface area contributed by atoms with E-state index in [-0.39, 0.29) is 11.9 Å². The summed E-state index contributed by atoms with van der Waals surface area (Å²) in [5.74, 6) is -0.196. The summed E-state index contributed by atoms with van der Waals surface area (Å²) in [6.07, 6.45) is 0. The van der Waals surface area contributed by atoms with Crippen LogP contribution in [0.4, 0.5) is 4.39 Å². The predicted molar refractivity (Wildman–Crippen MR) is 85.5 cm³/mol. The number of benzene rings is 2. The standard InChI is InChI=1S/C18H23FN2/c1-3-21(13-15-7-5-4-6-8-15)18(12-20)17-10-9-16(19)11-14(17)2/h4-11,18H,3,12-13,20H2,1-2H3. The Morgan fingerprint density at radius 1 is 1.14 bits per heavy atom. The summed E-state index contributed by atoms with van der Waals surface area (Å²) in [6, 6.07) is 15.4. The van der Waals surface area contributed by atoms with E-state index in [1.165, 1.54) is 11.6 Å². The molecular formula is C18H23FN2. The molecule has 2 N–H and O–H groups in total. The minimum atomic E-state index is -0.196. The van der Waals surface area contributed by atoms with E-state index >= 15 is 0 Å². The van der Waals surface area contributed by atoms with Gasteiger partial charge in [0.15, 0.2) is 0 Å². The van der Waals surface area contributed by atoms with Crippen molar-refractivity contribution < 1.29 is 4.39 Å². The van der Waals surface area contributed by atoms with Crippen LogP contribution in [0.3, 0.4) is 0 Å². The normalized spacial score (nSPS) is 12.6. The van der Waals surface area contributed by atoms with E-state index in [1.54, 1.807) is 6.07 Å². The van der Waals surface area contributed by atoms with E-state index in [0.717, 1.165) is 24.2 Å². The van der Waals surface area contributed by atoms with Gasteiger partial charge < -0.3 is 5.73 Å². The molecule has 2 nitrogen and oxygen atoms in total. The molecule has 2 aromatic rings. The van der Waals surface area contributed by atoms with Crippen LogP contribution in [0.15, 0.2) is 48.5 Å². The summed E-state index contributed by atoms with van der Waals surface area (Å²) in [5.41, 5.74) is 9.33. The van der Waals surface area contributed by atoms with Crippen LogP contribution in [0.2, 0.25) is 0 Å². The second-order valence-electron chi connectivity index (χ2n) is 5.30. The van der Waals surface area contributed by atoms with Gasteiger partial charge in [-0.15, -0.1) is 0 Å². The largest absolute Gasteiger partial charge is 0.329 e. The number of likely N-dealkylation sites (N-methyl/N-ethyl adjacent to an activating group) is 1. The van der Waals surface area contributed by atoms with E-state index in [9.17, 15) is 4.39 Å². The van der Waals surface area contributed by atoms with Crippen molar-refractivity contribution in [1.29, 1.82) is 0 Å². The van der Waals surface area contributed by atoms with Crippen molar-refractivity contribution in [3.8, 4) is 0 Å². The SMILES string of the molecule is CCN(Cc1ccccc1)C(CN)c1ccc(F)cc1C. The highest BCUT2D eigenvalue weighted by Crippen LogP contribution is 2.25. The summed E-state index contributed by atoms with van der Waals surface area (Å²) in [7, 11) is 0. The first-order valence-corrected chi connectivity index (χ1v) is 7.39. The van der Waals surface area contributed by atoms with Gasteiger partial charge in [0.2, 0.25) is 0 Å². The number of hydrogen-bond acceptors (Lipinski definition) is 2. The quantitative estimate of drug-likeness (QED) is 0.878. The second-order valence-corrected chi connectivity index (χ2v) is 5.30. The molecule has 0 saturated carbocycles. The number of nitrogens with two attached hydrogens (primary N) is 1. The first-order chi connectivity index (χ1) is 10.2. The maximum atomic E-state index is 13.3. The van der Waals surface area contributed by atoms with Gasteiger partial charge in [-0.2, -0.15) is 0 Å². The molecule has 3 heteroatoms. The molecular weight excluding hydrogens is 263 g/mol. The number of halogens is 1. The highest BCUT2D eigenvalue weighted by molar-refractivity contribution is 5.30. The van der Waals surface area contributed by atoms with Crippen LogP contribution in [0.25, 0.3) is 0 Å². The van der Waals surface area contributed by atoms with E-state index < -0.39 is 0 Å². The second kappa shape index (κ2) is 7.34. The monoisotopic (exact) mass is 286 g/mol. The van der Waals surface area contributed by atoms with Crippen LogP contribution in [0.5, 0.6) is 0 Å². The van der Waals surface area contributed by atoms with Crippen molar-refractivity contribution in [3.05, 3.63) is 71.0 Å². The molecule has 1 unspecified atom stereocenters. The van der Waals surface area contributed by atoms with E-state index in [0.29, 0.717) is 6.54 Å². The molecule has 0 spiro atoms. The van der Waals surface area contributed by atoms with Gasteiger partial charge in [0, 0.05) is 19.1 Å². The van der Waals surface area contributed by atoms with Crippen molar-refractivity contribution in [2.24, 2.45) is 5.73 Å². The van der Waals surface area contributed by atoms with Gasteiger partial charge in [-0.1, -0.05) is 43.3 Å². The fourth-order valence-corrected chi connectivity index (χ4v) is 2.75. The lowest BCUT2D eigenvalue weighted by Crippen LogP contribution is -2.33. The Balaban J connectivity index is 2.25. The van der Waals surface area contributed by atoms with E-state index in [1.807, 2.05) is 31.2 Å². The Morgan fingerprint density at radius 2 is 1.86 bits per heavy atom. The lowest BCUT2D eigenvalue weighted by molar-refractivity contribution is 0.203. The third kappa shape index (κ3) is 3.90. The molecule has 112 valence electrons. The third-order valence-corrected chi connectivity index (χ3v) is 3.89. The zero-order valence-corrected chi connectivity index (χ0v) is 12.7. The molecule has 1 atom stereocenters. The highest BCUT2D eigenvalue weighted by Gasteiger charge is 2.19. The van der Waals surface area contributed by atoms with Crippen molar-refractivity contribution in [3.63, 3.8) is 0 Å². The van der Waals surface area contributed by atoms with Crippen molar-refractivity contribution in [2.45, 2.75) is 26.4 Å². The van der Waals surface area contributed by atoms with Gasteiger partial charge in [0.1, 0.15) is 5.82 Å². The van der Waals surface area contributed by atoms with Gasteiger partial charge in [0.05, 0.1) is 0 Å². The molecule has 0 amide bonds. The summed E-state index contributed by atoms with van der Waals surface area (Å²) in [5, 5.41) is 0. The van der Waals surface area contributed by atoms with Crippen molar-refractivity contribution in [2.75, 3.05) is 13.1 Å². The molecule has 0 aliphatic carbocycles. The van der Waals surface area contributed by atoms with Gasteiger partial charge >= 0.3 is 0 Å². The molecule has 0 fully saturated rings. The number of aryl methyl sites for hydroxylation is 1. The van der Waals surface area contributed by atoms with Crippen molar-refractivity contribution >= 4 is 0 Å². The van der Waals surface area contributed by atoms with Gasteiger partial charge in [-0.3, -0.25) is 4.90 Å². The topological polar surface area (TPSA) is 29.3 Å². The molecule has 0 bridgehead atoms. The first kappa shape index (κ1) is 15.7. The van der Waals surface area contributed by atoms with Crippen LogP contribution in [-0.4, -0.2) is 18.0 Å². The Hall–Kier alpha value is -1.71. The van der Waals surface area contributed by atoms with Gasteiger partial charge in [-0.25, -0.2) is 4.39 Å². The minimum Gasteiger partial charge on any atom is -0.329 e. The molecule has 2 rings (SSSR count).